The molecule has 0 aromatic heterocycles. The fourth-order valence-electron chi connectivity index (χ4n) is 2.84. The molecule has 0 radical (unpaired) electrons. The molecular weight excluding hydrogens is 314 g/mol. The second-order valence-corrected chi connectivity index (χ2v) is 6.30. The second-order valence-electron chi connectivity index (χ2n) is 5.89. The van der Waals surface area contributed by atoms with Gasteiger partial charge in [0, 0.05) is 37.1 Å². The van der Waals surface area contributed by atoms with Crippen molar-refractivity contribution in [1.82, 2.24) is 15.5 Å². The summed E-state index contributed by atoms with van der Waals surface area (Å²) in [4.78, 5) is 14.5. The highest BCUT2D eigenvalue weighted by Gasteiger charge is 2.25. The second kappa shape index (κ2) is 9.23. The fraction of sp³-hybridized carbons (Fsp3) is 0.588. The molecule has 5 nitrogen and oxygen atoms in total. The molecule has 2 N–H and O–H groups in total. The van der Waals surface area contributed by atoms with E-state index in [-0.39, 0.29) is 17.9 Å². The maximum absolute atomic E-state index is 12.2. The number of nitrogens with one attached hydrogen (secondary N) is 2. The van der Waals surface area contributed by atoms with E-state index in [4.69, 9.17) is 16.3 Å². The molecule has 2 rings (SSSR count). The maximum atomic E-state index is 12.2. The molecule has 128 valence electrons. The van der Waals surface area contributed by atoms with Gasteiger partial charge in [-0.2, -0.15) is 0 Å². The summed E-state index contributed by atoms with van der Waals surface area (Å²) in [6, 6.07) is 7.91. The third kappa shape index (κ3) is 5.18. The summed E-state index contributed by atoms with van der Waals surface area (Å²) in [6.07, 6.45) is 0. The first-order chi connectivity index (χ1) is 11.1. The van der Waals surface area contributed by atoms with Gasteiger partial charge in [0.1, 0.15) is 0 Å². The van der Waals surface area contributed by atoms with Crippen LogP contribution >= 0.6 is 11.6 Å². The monoisotopic (exact) mass is 339 g/mol. The van der Waals surface area contributed by atoms with E-state index < -0.39 is 0 Å². The number of rotatable bonds is 7. The third-order valence-corrected chi connectivity index (χ3v) is 4.52. The topological polar surface area (TPSA) is 53.6 Å². The third-order valence-electron chi connectivity index (χ3n) is 4.18. The lowest BCUT2D eigenvalue weighted by Gasteiger charge is -2.35. The van der Waals surface area contributed by atoms with Crippen LogP contribution in [0.5, 0.6) is 0 Å². The Bertz CT molecular complexity index is 506. The Kier molecular flexibility index (Phi) is 7.30. The molecule has 1 aromatic rings. The van der Waals surface area contributed by atoms with E-state index in [1.165, 1.54) is 0 Å². The number of hydrogen-bond acceptors (Lipinski definition) is 4. The minimum absolute atomic E-state index is 0.0587. The normalized spacial score (nSPS) is 18.4. The van der Waals surface area contributed by atoms with Crippen molar-refractivity contribution in [3.63, 3.8) is 0 Å². The summed E-state index contributed by atoms with van der Waals surface area (Å²) in [6.45, 7) is 6.26. The lowest BCUT2D eigenvalue weighted by atomic mass is 10.0. The van der Waals surface area contributed by atoms with E-state index in [2.05, 4.69) is 15.5 Å². The van der Waals surface area contributed by atoms with Crippen LogP contribution in [0.1, 0.15) is 18.5 Å². The highest BCUT2D eigenvalue weighted by molar-refractivity contribution is 6.31. The Morgan fingerprint density at radius 1 is 1.30 bits per heavy atom. The molecule has 0 aliphatic carbocycles. The Morgan fingerprint density at radius 3 is 2.65 bits per heavy atom. The van der Waals surface area contributed by atoms with Crippen LogP contribution in [0.4, 0.5) is 0 Å². The van der Waals surface area contributed by atoms with Gasteiger partial charge in [-0.25, -0.2) is 0 Å². The van der Waals surface area contributed by atoms with Gasteiger partial charge in [-0.15, -0.1) is 0 Å². The lowest BCUT2D eigenvalue weighted by Crippen LogP contribution is -2.45. The summed E-state index contributed by atoms with van der Waals surface area (Å²) in [5.41, 5.74) is 1.05. The molecule has 0 saturated carbocycles. The SMILES string of the molecule is CNCC(C)C(=O)NCC(c1ccccc1Cl)N1CCOCC1. The molecular formula is C17H26ClN3O2. The fourth-order valence-corrected chi connectivity index (χ4v) is 3.10. The van der Waals surface area contributed by atoms with Gasteiger partial charge < -0.3 is 15.4 Å². The first kappa shape index (κ1) is 18.2. The highest BCUT2D eigenvalue weighted by Crippen LogP contribution is 2.27. The molecule has 2 atom stereocenters. The van der Waals surface area contributed by atoms with Crippen LogP contribution in [0.15, 0.2) is 24.3 Å². The van der Waals surface area contributed by atoms with Gasteiger partial charge in [0.25, 0.3) is 0 Å². The van der Waals surface area contributed by atoms with E-state index in [0.29, 0.717) is 26.3 Å². The number of amides is 1. The van der Waals surface area contributed by atoms with Crippen molar-refractivity contribution in [2.24, 2.45) is 5.92 Å². The molecule has 6 heteroatoms. The zero-order valence-electron chi connectivity index (χ0n) is 13.8. The number of benzene rings is 1. The van der Waals surface area contributed by atoms with Gasteiger partial charge in [0.15, 0.2) is 0 Å². The molecule has 2 unspecified atom stereocenters. The van der Waals surface area contributed by atoms with Crippen molar-refractivity contribution < 1.29 is 9.53 Å². The molecule has 1 aromatic carbocycles. The van der Waals surface area contributed by atoms with E-state index in [1.54, 1.807) is 0 Å². The first-order valence-electron chi connectivity index (χ1n) is 8.12. The molecule has 0 spiro atoms. The molecule has 0 bridgehead atoms. The minimum Gasteiger partial charge on any atom is -0.379 e. The first-order valence-corrected chi connectivity index (χ1v) is 8.49. The Balaban J connectivity index is 2.08. The summed E-state index contributed by atoms with van der Waals surface area (Å²) in [7, 11) is 1.85. The summed E-state index contributed by atoms with van der Waals surface area (Å²) >= 11 is 6.39. The number of carbonyl (C=O) groups is 1. The van der Waals surface area contributed by atoms with Gasteiger partial charge in [0.05, 0.1) is 19.3 Å². The number of halogens is 1. The number of morpholine rings is 1. The molecule has 1 fully saturated rings. The standard InChI is InChI=1S/C17H26ClN3O2/c1-13(11-19-2)17(22)20-12-16(21-7-9-23-10-8-21)14-5-3-4-6-15(14)18/h3-6,13,16,19H,7-12H2,1-2H3,(H,20,22). The van der Waals surface area contributed by atoms with Crippen LogP contribution in [0.2, 0.25) is 5.02 Å². The predicted octanol–water partition coefficient (Wildman–Crippen LogP) is 1.68. The molecule has 1 saturated heterocycles. The predicted molar refractivity (Wildman–Crippen MR) is 92.7 cm³/mol. The van der Waals surface area contributed by atoms with E-state index in [0.717, 1.165) is 23.7 Å². The van der Waals surface area contributed by atoms with Crippen LogP contribution in [0.3, 0.4) is 0 Å². The number of carbonyl (C=O) groups excluding carboxylic acids is 1. The largest absolute Gasteiger partial charge is 0.379 e. The van der Waals surface area contributed by atoms with Gasteiger partial charge >= 0.3 is 0 Å². The Hall–Kier alpha value is -1.14. The molecule has 1 heterocycles. The lowest BCUT2D eigenvalue weighted by molar-refractivity contribution is -0.124. The van der Waals surface area contributed by atoms with Crippen molar-refractivity contribution in [2.75, 3.05) is 46.4 Å². The zero-order chi connectivity index (χ0) is 16.7. The highest BCUT2D eigenvalue weighted by atomic mass is 35.5. The van der Waals surface area contributed by atoms with Crippen LogP contribution in [-0.2, 0) is 9.53 Å². The van der Waals surface area contributed by atoms with E-state index in [9.17, 15) is 4.79 Å². The van der Waals surface area contributed by atoms with E-state index in [1.807, 2.05) is 38.2 Å². The zero-order valence-corrected chi connectivity index (χ0v) is 14.6. The van der Waals surface area contributed by atoms with Gasteiger partial charge in [0.2, 0.25) is 5.91 Å². The van der Waals surface area contributed by atoms with Crippen LogP contribution < -0.4 is 10.6 Å². The van der Waals surface area contributed by atoms with Crippen molar-refractivity contribution in [3.8, 4) is 0 Å². The number of ether oxygens (including phenoxy) is 1. The smallest absolute Gasteiger partial charge is 0.224 e. The molecule has 23 heavy (non-hydrogen) atoms. The Labute approximate surface area is 143 Å². The van der Waals surface area contributed by atoms with E-state index >= 15 is 0 Å². The quantitative estimate of drug-likeness (QED) is 0.793. The van der Waals surface area contributed by atoms with Crippen LogP contribution in [-0.4, -0.2) is 57.2 Å². The van der Waals surface area contributed by atoms with Crippen molar-refractivity contribution in [3.05, 3.63) is 34.9 Å². The van der Waals surface area contributed by atoms with Crippen LogP contribution in [0.25, 0.3) is 0 Å². The van der Waals surface area contributed by atoms with Gasteiger partial charge in [-0.05, 0) is 18.7 Å². The van der Waals surface area contributed by atoms with Crippen LogP contribution in [0, 0.1) is 5.92 Å². The minimum atomic E-state index is -0.0587. The Morgan fingerprint density at radius 2 is 2.00 bits per heavy atom. The van der Waals surface area contributed by atoms with Crippen molar-refractivity contribution >= 4 is 17.5 Å². The van der Waals surface area contributed by atoms with Crippen molar-refractivity contribution in [2.45, 2.75) is 13.0 Å². The van der Waals surface area contributed by atoms with Crippen molar-refractivity contribution in [1.29, 1.82) is 0 Å². The molecule has 1 aliphatic rings. The average molecular weight is 340 g/mol. The maximum Gasteiger partial charge on any atom is 0.224 e. The molecule has 1 amide bonds. The van der Waals surface area contributed by atoms with Gasteiger partial charge in [-0.1, -0.05) is 36.7 Å². The summed E-state index contributed by atoms with van der Waals surface area (Å²) in [5.74, 6) is 0.00116. The molecule has 1 aliphatic heterocycles. The number of hydrogen-bond donors (Lipinski definition) is 2. The average Bonchev–Trinajstić information content (AvgIpc) is 2.57. The number of nitrogens with zero attached hydrogens (tertiary/aromatic N) is 1. The summed E-state index contributed by atoms with van der Waals surface area (Å²) in [5, 5.41) is 6.84. The summed E-state index contributed by atoms with van der Waals surface area (Å²) < 4.78 is 5.44. The van der Waals surface area contributed by atoms with Gasteiger partial charge in [-0.3, -0.25) is 9.69 Å².